The van der Waals surface area contributed by atoms with Gasteiger partial charge in [0.15, 0.2) is 0 Å². The Hall–Kier alpha value is -5.15. The maximum atomic E-state index is 6.77. The minimum absolute atomic E-state index is 0.668. The summed E-state index contributed by atoms with van der Waals surface area (Å²) in [4.78, 5) is 7.20. The van der Waals surface area contributed by atoms with Crippen molar-refractivity contribution in [2.75, 3.05) is 10.6 Å². The topological polar surface area (TPSA) is 42.2 Å². The van der Waals surface area contributed by atoms with Gasteiger partial charge in [-0.15, -0.1) is 5.46 Å². The van der Waals surface area contributed by atoms with Gasteiger partial charge in [0.25, 0.3) is 0 Å². The van der Waals surface area contributed by atoms with Crippen LogP contribution in [0.15, 0.2) is 121 Å². The molecule has 6 aromatic carbocycles. The Kier molecular flexibility index (Phi) is 7.70. The molecule has 7 heteroatoms. The van der Waals surface area contributed by atoms with E-state index in [1.807, 2.05) is 24.4 Å². The van der Waals surface area contributed by atoms with Crippen LogP contribution < -0.4 is 32.5 Å². The molecule has 218 valence electrons. The van der Waals surface area contributed by atoms with Crippen LogP contribution in [0.4, 0.5) is 17.1 Å². The van der Waals surface area contributed by atoms with Crippen molar-refractivity contribution < 1.29 is 0 Å². The molecule has 0 atom stereocenters. The van der Waals surface area contributed by atoms with Gasteiger partial charge >= 0.3 is 0 Å². The number of fused-ring (bicyclic) bond motifs is 2. The SMILES string of the molecule is Bc1c(B)c(B)c(N(Cc2c3ccccc3c(-c3ccccc3-c3ccccn3)c3ccccc23)c2ccccc2N)c(C)c1B. The maximum Gasteiger partial charge on any atom is 0.141 e. The number of anilines is 3. The van der Waals surface area contributed by atoms with Crippen LogP contribution in [0.2, 0.25) is 0 Å². The maximum absolute atomic E-state index is 6.77. The predicted octanol–water partition coefficient (Wildman–Crippen LogP) is 2.98. The number of pyridine rings is 1. The fraction of sp³-hybridized carbons (Fsp3) is 0.0513. The van der Waals surface area contributed by atoms with Crippen molar-refractivity contribution in [2.45, 2.75) is 13.5 Å². The highest BCUT2D eigenvalue weighted by molar-refractivity contribution is 6.64. The number of benzene rings is 6. The summed E-state index contributed by atoms with van der Waals surface area (Å²) >= 11 is 0. The Bertz CT molecular complexity index is 2180. The predicted molar refractivity (Wildman–Crippen MR) is 211 cm³/mol. The fourth-order valence-electron chi connectivity index (χ4n) is 7.19. The Morgan fingerprint density at radius 3 is 1.76 bits per heavy atom. The van der Waals surface area contributed by atoms with Crippen molar-refractivity contribution in [3.8, 4) is 22.4 Å². The van der Waals surface area contributed by atoms with E-state index < -0.39 is 0 Å². The first-order valence-electron chi connectivity index (χ1n) is 16.0. The Morgan fingerprint density at radius 2 is 1.13 bits per heavy atom. The number of nitrogens with two attached hydrogens (primary N) is 1. The Balaban J connectivity index is 1.54. The van der Waals surface area contributed by atoms with Crippen LogP contribution in [0, 0.1) is 6.92 Å². The molecular weight excluding hydrogens is 554 g/mol. The molecule has 0 saturated heterocycles. The smallest absolute Gasteiger partial charge is 0.141 e. The largest absolute Gasteiger partial charge is 0.397 e. The molecule has 46 heavy (non-hydrogen) atoms. The Labute approximate surface area is 275 Å². The number of hydrogen-bond acceptors (Lipinski definition) is 3. The van der Waals surface area contributed by atoms with Crippen molar-refractivity contribution in [3.05, 3.63) is 133 Å². The summed E-state index contributed by atoms with van der Waals surface area (Å²) in [5.74, 6) is 0. The van der Waals surface area contributed by atoms with Gasteiger partial charge < -0.3 is 10.6 Å². The summed E-state index contributed by atoms with van der Waals surface area (Å²) in [6.45, 7) is 2.92. The van der Waals surface area contributed by atoms with Gasteiger partial charge in [0.2, 0.25) is 0 Å². The molecule has 0 aliphatic heterocycles. The summed E-state index contributed by atoms with van der Waals surface area (Å²) < 4.78 is 0. The molecule has 7 rings (SSSR count). The average Bonchev–Trinajstić information content (AvgIpc) is 3.10. The highest BCUT2D eigenvalue weighted by atomic mass is 15.1. The van der Waals surface area contributed by atoms with E-state index in [2.05, 4.69) is 140 Å². The van der Waals surface area contributed by atoms with Crippen LogP contribution in [-0.4, -0.2) is 36.4 Å². The molecule has 0 fully saturated rings. The lowest BCUT2D eigenvalue weighted by molar-refractivity contribution is 0.993. The van der Waals surface area contributed by atoms with E-state index >= 15 is 0 Å². The van der Waals surface area contributed by atoms with Gasteiger partial charge in [-0.2, -0.15) is 0 Å². The Morgan fingerprint density at radius 1 is 0.587 bits per heavy atom. The summed E-state index contributed by atoms with van der Waals surface area (Å²) in [7, 11) is 8.97. The second-order valence-corrected chi connectivity index (χ2v) is 12.3. The summed E-state index contributed by atoms with van der Waals surface area (Å²) in [5, 5.41) is 4.93. The zero-order valence-corrected chi connectivity index (χ0v) is 27.2. The third-order valence-corrected chi connectivity index (χ3v) is 9.95. The molecule has 0 aliphatic rings. The second-order valence-electron chi connectivity index (χ2n) is 12.3. The van der Waals surface area contributed by atoms with E-state index in [9.17, 15) is 0 Å². The first kappa shape index (κ1) is 29.6. The van der Waals surface area contributed by atoms with E-state index in [0.29, 0.717) is 6.54 Å². The monoisotopic (exact) mass is 589 g/mol. The van der Waals surface area contributed by atoms with Gasteiger partial charge in [-0.25, -0.2) is 0 Å². The number of nitrogens with zero attached hydrogens (tertiary/aromatic N) is 2. The molecule has 0 spiro atoms. The van der Waals surface area contributed by atoms with E-state index in [1.54, 1.807) is 0 Å². The summed E-state index contributed by atoms with van der Waals surface area (Å²) in [6, 6.07) is 40.8. The zero-order valence-electron chi connectivity index (χ0n) is 27.2. The molecular formula is C39H35B4N3. The van der Waals surface area contributed by atoms with Crippen molar-refractivity contribution in [2.24, 2.45) is 0 Å². The van der Waals surface area contributed by atoms with E-state index in [-0.39, 0.29) is 0 Å². The number of nitrogen functional groups attached to an aromatic ring is 1. The van der Waals surface area contributed by atoms with Crippen LogP contribution in [0.1, 0.15) is 11.1 Å². The zero-order chi connectivity index (χ0) is 31.9. The van der Waals surface area contributed by atoms with Crippen molar-refractivity contribution >= 4 is 91.8 Å². The van der Waals surface area contributed by atoms with Crippen LogP contribution in [-0.2, 0) is 6.54 Å². The quantitative estimate of drug-likeness (QED) is 0.185. The molecule has 7 aromatic rings. The number of para-hydroxylation sites is 2. The number of hydrogen-bond donors (Lipinski definition) is 1. The molecule has 0 unspecified atom stereocenters. The van der Waals surface area contributed by atoms with Gasteiger partial charge in [0.05, 0.1) is 17.1 Å². The minimum Gasteiger partial charge on any atom is -0.397 e. The molecule has 0 amide bonds. The summed E-state index contributed by atoms with van der Waals surface area (Å²) in [5.41, 5.74) is 22.2. The normalized spacial score (nSPS) is 11.2. The molecule has 2 N–H and O–H groups in total. The van der Waals surface area contributed by atoms with Gasteiger partial charge in [0, 0.05) is 24.0 Å². The molecule has 0 bridgehead atoms. The lowest BCUT2D eigenvalue weighted by Gasteiger charge is -2.33. The third-order valence-electron chi connectivity index (χ3n) is 9.95. The van der Waals surface area contributed by atoms with Gasteiger partial charge in [-0.05, 0) is 75.0 Å². The summed E-state index contributed by atoms with van der Waals surface area (Å²) in [6.07, 6.45) is 1.87. The molecule has 1 heterocycles. The third kappa shape index (κ3) is 4.87. The molecule has 0 radical (unpaired) electrons. The van der Waals surface area contributed by atoms with Gasteiger partial charge in [-0.3, -0.25) is 4.98 Å². The van der Waals surface area contributed by atoms with Crippen LogP contribution in [0.25, 0.3) is 43.9 Å². The molecule has 3 nitrogen and oxygen atoms in total. The van der Waals surface area contributed by atoms with Crippen molar-refractivity contribution in [1.29, 1.82) is 0 Å². The van der Waals surface area contributed by atoms with E-state index in [4.69, 9.17) is 10.7 Å². The van der Waals surface area contributed by atoms with Gasteiger partial charge in [-0.1, -0.05) is 107 Å². The highest BCUT2D eigenvalue weighted by Gasteiger charge is 2.24. The van der Waals surface area contributed by atoms with Crippen LogP contribution in [0.5, 0.6) is 0 Å². The lowest BCUT2D eigenvalue weighted by atomic mass is 9.64. The average molecular weight is 589 g/mol. The fourth-order valence-corrected chi connectivity index (χ4v) is 7.19. The second kappa shape index (κ2) is 12.0. The van der Waals surface area contributed by atoms with Gasteiger partial charge in [0.1, 0.15) is 31.4 Å². The molecule has 0 saturated carbocycles. The molecule has 0 aliphatic carbocycles. The van der Waals surface area contributed by atoms with E-state index in [1.165, 1.54) is 71.3 Å². The first-order valence-corrected chi connectivity index (χ1v) is 16.0. The first-order chi connectivity index (χ1) is 22.4. The van der Waals surface area contributed by atoms with Crippen LogP contribution in [0.3, 0.4) is 0 Å². The number of rotatable bonds is 6. The van der Waals surface area contributed by atoms with E-state index in [0.717, 1.165) is 22.6 Å². The van der Waals surface area contributed by atoms with Crippen molar-refractivity contribution in [1.82, 2.24) is 4.98 Å². The lowest BCUT2D eigenvalue weighted by Crippen LogP contribution is -2.50. The standard InChI is InChI=1S/C39H35B4N3/c1-23-35(40)36(41)37(42)38(43)39(23)46(33-20-9-8-18-31(33)44)22-30-24-12-2-5-15-27(24)34(28-16-6-3-13-25(28)30)29-17-7-4-14-26(29)32-19-10-11-21-45-32/h2-21H,22,40-44H2,1H3. The number of aromatic nitrogens is 1. The molecule has 1 aromatic heterocycles. The van der Waals surface area contributed by atoms with Crippen molar-refractivity contribution in [3.63, 3.8) is 0 Å². The highest BCUT2D eigenvalue weighted by Crippen LogP contribution is 2.44. The minimum atomic E-state index is 0.668. The van der Waals surface area contributed by atoms with Crippen LogP contribution >= 0.6 is 0 Å².